The van der Waals surface area contributed by atoms with Gasteiger partial charge in [-0.2, -0.15) is 0 Å². The van der Waals surface area contributed by atoms with E-state index >= 15 is 0 Å². The molecule has 0 heterocycles. The van der Waals surface area contributed by atoms with Crippen LogP contribution in [0.2, 0.25) is 0 Å². The molecule has 3 nitrogen and oxygen atoms in total. The molecule has 0 unspecified atom stereocenters. The first kappa shape index (κ1) is 11.3. The summed E-state index contributed by atoms with van der Waals surface area (Å²) in [6.07, 6.45) is 1.89. The van der Waals surface area contributed by atoms with Gasteiger partial charge < -0.3 is 10.0 Å². The van der Waals surface area contributed by atoms with Crippen LogP contribution in [-0.2, 0) is 4.79 Å². The summed E-state index contributed by atoms with van der Waals surface area (Å²) in [5.41, 5.74) is 0.712. The van der Waals surface area contributed by atoms with Gasteiger partial charge >= 0.3 is 0 Å². The van der Waals surface area contributed by atoms with Crippen LogP contribution in [0.5, 0.6) is 5.75 Å². The first-order chi connectivity index (χ1) is 7.19. The van der Waals surface area contributed by atoms with Crippen LogP contribution in [0, 0.1) is 0 Å². The highest BCUT2D eigenvalue weighted by molar-refractivity contribution is 5.94. The van der Waals surface area contributed by atoms with E-state index < -0.39 is 0 Å². The molecule has 1 amide bonds. The normalized spacial score (nSPS) is 9.67. The summed E-state index contributed by atoms with van der Waals surface area (Å²) in [7, 11) is 0. The van der Waals surface area contributed by atoms with Crippen LogP contribution in [0.15, 0.2) is 36.9 Å². The lowest BCUT2D eigenvalue weighted by molar-refractivity contribution is -0.117. The zero-order valence-electron chi connectivity index (χ0n) is 8.81. The number of phenols is 1. The lowest BCUT2D eigenvalue weighted by Gasteiger charge is -2.20. The number of amides is 1. The van der Waals surface area contributed by atoms with E-state index in [1.807, 2.05) is 6.92 Å². The van der Waals surface area contributed by atoms with E-state index in [0.717, 1.165) is 0 Å². The summed E-state index contributed by atoms with van der Waals surface area (Å²) in [6, 6.07) is 6.67. The number of hydrogen-bond acceptors (Lipinski definition) is 2. The maximum atomic E-state index is 11.7. The van der Waals surface area contributed by atoms with E-state index in [1.165, 1.54) is 0 Å². The number of rotatable bonds is 4. The van der Waals surface area contributed by atoms with Crippen LogP contribution in [0.3, 0.4) is 0 Å². The summed E-state index contributed by atoms with van der Waals surface area (Å²) in [6.45, 7) is 6.01. The van der Waals surface area contributed by atoms with Crippen molar-refractivity contribution in [1.29, 1.82) is 0 Å². The van der Waals surface area contributed by atoms with Gasteiger partial charge in [0.15, 0.2) is 0 Å². The molecule has 3 heteroatoms. The SMILES string of the molecule is C=CCC(=O)N(CC)c1cccc(O)c1. The predicted octanol–water partition coefficient (Wildman–Crippen LogP) is 2.32. The topological polar surface area (TPSA) is 40.5 Å². The largest absolute Gasteiger partial charge is 0.508 e. The Balaban J connectivity index is 2.91. The number of carbonyl (C=O) groups is 1. The number of hydrogen-bond donors (Lipinski definition) is 1. The van der Waals surface area contributed by atoms with Crippen LogP contribution in [0.4, 0.5) is 5.69 Å². The van der Waals surface area contributed by atoms with E-state index in [4.69, 9.17) is 0 Å². The van der Waals surface area contributed by atoms with Crippen molar-refractivity contribution in [2.24, 2.45) is 0 Å². The lowest BCUT2D eigenvalue weighted by Crippen LogP contribution is -2.29. The fourth-order valence-electron chi connectivity index (χ4n) is 1.40. The van der Waals surface area contributed by atoms with Crippen LogP contribution >= 0.6 is 0 Å². The molecule has 0 aromatic heterocycles. The molecular weight excluding hydrogens is 190 g/mol. The smallest absolute Gasteiger partial charge is 0.230 e. The standard InChI is InChI=1S/C12H15NO2/c1-3-6-12(15)13(4-2)10-7-5-8-11(14)9-10/h3,5,7-9,14H,1,4,6H2,2H3. The Bertz CT molecular complexity index is 360. The highest BCUT2D eigenvalue weighted by atomic mass is 16.3. The minimum atomic E-state index is -0.0156. The average Bonchev–Trinajstić information content (AvgIpc) is 2.19. The predicted molar refractivity (Wildman–Crippen MR) is 60.9 cm³/mol. The van der Waals surface area contributed by atoms with Gasteiger partial charge in [-0.1, -0.05) is 12.1 Å². The van der Waals surface area contributed by atoms with Gasteiger partial charge in [0.1, 0.15) is 5.75 Å². The van der Waals surface area contributed by atoms with Gasteiger partial charge in [-0.25, -0.2) is 0 Å². The van der Waals surface area contributed by atoms with Gasteiger partial charge in [0.2, 0.25) is 5.91 Å². The van der Waals surface area contributed by atoms with Gasteiger partial charge in [0, 0.05) is 24.7 Å². The molecular formula is C12H15NO2. The zero-order chi connectivity index (χ0) is 11.3. The van der Waals surface area contributed by atoms with Gasteiger partial charge in [-0.3, -0.25) is 4.79 Å². The van der Waals surface area contributed by atoms with Gasteiger partial charge in [-0.05, 0) is 19.1 Å². The lowest BCUT2D eigenvalue weighted by atomic mass is 10.2. The molecule has 1 rings (SSSR count). The Morgan fingerprint density at radius 2 is 2.33 bits per heavy atom. The molecule has 1 N–H and O–H groups in total. The Hall–Kier alpha value is -1.77. The summed E-state index contributed by atoms with van der Waals surface area (Å²) >= 11 is 0. The second-order valence-electron chi connectivity index (χ2n) is 3.15. The van der Waals surface area contributed by atoms with Crippen LogP contribution < -0.4 is 4.90 Å². The average molecular weight is 205 g/mol. The van der Waals surface area contributed by atoms with Crippen molar-refractivity contribution in [2.45, 2.75) is 13.3 Å². The molecule has 1 aromatic rings. The van der Waals surface area contributed by atoms with Gasteiger partial charge in [0.05, 0.1) is 0 Å². The quantitative estimate of drug-likeness (QED) is 0.766. The van der Waals surface area contributed by atoms with Gasteiger partial charge in [-0.15, -0.1) is 6.58 Å². The molecule has 15 heavy (non-hydrogen) atoms. The number of anilines is 1. The van der Waals surface area contributed by atoms with Crippen molar-refractivity contribution in [3.05, 3.63) is 36.9 Å². The molecule has 0 spiro atoms. The van der Waals surface area contributed by atoms with Crippen molar-refractivity contribution in [3.63, 3.8) is 0 Å². The maximum absolute atomic E-state index is 11.7. The molecule has 0 saturated carbocycles. The number of aromatic hydroxyl groups is 1. The van der Waals surface area contributed by atoms with E-state index in [0.29, 0.717) is 18.7 Å². The van der Waals surface area contributed by atoms with E-state index in [2.05, 4.69) is 6.58 Å². The summed E-state index contributed by atoms with van der Waals surface area (Å²) in [4.78, 5) is 13.3. The monoisotopic (exact) mass is 205 g/mol. The van der Waals surface area contributed by atoms with Crippen LogP contribution in [-0.4, -0.2) is 17.6 Å². The Morgan fingerprint density at radius 3 is 2.87 bits per heavy atom. The summed E-state index contributed by atoms with van der Waals surface area (Å²) < 4.78 is 0. The highest BCUT2D eigenvalue weighted by Gasteiger charge is 2.12. The van der Waals surface area contributed by atoms with Crippen LogP contribution in [0.25, 0.3) is 0 Å². The zero-order valence-corrected chi connectivity index (χ0v) is 8.81. The van der Waals surface area contributed by atoms with Crippen molar-refractivity contribution in [1.82, 2.24) is 0 Å². The molecule has 0 bridgehead atoms. The van der Waals surface area contributed by atoms with Crippen LogP contribution in [0.1, 0.15) is 13.3 Å². The third-order valence-electron chi connectivity index (χ3n) is 2.08. The van der Waals surface area contributed by atoms with Crippen molar-refractivity contribution >= 4 is 11.6 Å². The molecule has 0 radical (unpaired) electrons. The Morgan fingerprint density at radius 1 is 1.60 bits per heavy atom. The highest BCUT2D eigenvalue weighted by Crippen LogP contribution is 2.20. The Labute approximate surface area is 89.6 Å². The van der Waals surface area contributed by atoms with Gasteiger partial charge in [0.25, 0.3) is 0 Å². The molecule has 0 saturated heterocycles. The number of phenolic OH excluding ortho intramolecular Hbond substituents is 1. The molecule has 80 valence electrons. The number of benzene rings is 1. The molecule has 0 atom stereocenters. The van der Waals surface area contributed by atoms with E-state index in [1.54, 1.807) is 35.2 Å². The fraction of sp³-hybridized carbons (Fsp3) is 0.250. The van der Waals surface area contributed by atoms with E-state index in [-0.39, 0.29) is 11.7 Å². The molecule has 0 aliphatic carbocycles. The number of nitrogens with zero attached hydrogens (tertiary/aromatic N) is 1. The third-order valence-corrected chi connectivity index (χ3v) is 2.08. The minimum Gasteiger partial charge on any atom is -0.508 e. The third kappa shape index (κ3) is 2.84. The Kier molecular flexibility index (Phi) is 3.92. The first-order valence-corrected chi connectivity index (χ1v) is 4.89. The maximum Gasteiger partial charge on any atom is 0.230 e. The summed E-state index contributed by atoms with van der Waals surface area (Å²) in [5, 5.41) is 9.31. The molecule has 1 aromatic carbocycles. The first-order valence-electron chi connectivity index (χ1n) is 4.89. The van der Waals surface area contributed by atoms with E-state index in [9.17, 15) is 9.90 Å². The second-order valence-corrected chi connectivity index (χ2v) is 3.15. The molecule has 0 fully saturated rings. The molecule has 0 aliphatic rings. The number of carbonyl (C=O) groups excluding carboxylic acids is 1. The second kappa shape index (κ2) is 5.20. The van der Waals surface area contributed by atoms with Crippen molar-refractivity contribution in [3.8, 4) is 5.75 Å². The van der Waals surface area contributed by atoms with Crippen molar-refractivity contribution < 1.29 is 9.90 Å². The molecule has 0 aliphatic heterocycles. The minimum absolute atomic E-state index is 0.0156. The van der Waals surface area contributed by atoms with Crippen molar-refractivity contribution in [2.75, 3.05) is 11.4 Å². The fourth-order valence-corrected chi connectivity index (χ4v) is 1.40. The summed E-state index contributed by atoms with van der Waals surface area (Å²) in [5.74, 6) is 0.149.